The van der Waals surface area contributed by atoms with Crippen molar-refractivity contribution in [1.82, 2.24) is 4.90 Å². The van der Waals surface area contributed by atoms with E-state index in [2.05, 4.69) is 0 Å². The van der Waals surface area contributed by atoms with Gasteiger partial charge in [-0.2, -0.15) is 0 Å². The summed E-state index contributed by atoms with van der Waals surface area (Å²) in [4.78, 5) is 24.5. The number of halogens is 1. The summed E-state index contributed by atoms with van der Waals surface area (Å²) >= 11 is 7.16. The monoisotopic (exact) mass is 349 g/mol. The zero-order chi connectivity index (χ0) is 15.8. The Morgan fingerprint density at radius 2 is 2.10 bits per heavy atom. The van der Waals surface area contributed by atoms with Gasteiger partial charge in [0.2, 0.25) is 0 Å². The van der Waals surface area contributed by atoms with Crippen molar-refractivity contribution in [3.8, 4) is 0 Å². The Morgan fingerprint density at radius 1 is 1.43 bits per heavy atom. The van der Waals surface area contributed by atoms with Crippen LogP contribution in [0.25, 0.3) is 0 Å². The molecule has 0 bridgehead atoms. The van der Waals surface area contributed by atoms with Crippen LogP contribution in [-0.4, -0.2) is 54.2 Å². The lowest BCUT2D eigenvalue weighted by Crippen LogP contribution is -2.41. The molecule has 0 aliphatic carbocycles. The average molecular weight is 350 g/mol. The minimum absolute atomic E-state index is 0.0274. The maximum Gasteiger partial charge on any atom is 0.327 e. The van der Waals surface area contributed by atoms with E-state index in [-0.39, 0.29) is 21.4 Å². The Bertz CT molecular complexity index is 704. The molecule has 1 aromatic carbocycles. The molecule has 9 heteroatoms. The van der Waals surface area contributed by atoms with Crippen molar-refractivity contribution in [2.45, 2.75) is 10.9 Å². The quantitative estimate of drug-likeness (QED) is 0.885. The first kappa shape index (κ1) is 16.1. The molecule has 1 aromatic rings. The first-order valence-electron chi connectivity index (χ1n) is 5.83. The summed E-state index contributed by atoms with van der Waals surface area (Å²) < 4.78 is 23.2. The lowest BCUT2D eigenvalue weighted by Gasteiger charge is -2.20. The number of carboxylic acid groups (broad SMARTS) is 1. The molecule has 1 amide bonds. The van der Waals surface area contributed by atoms with Crippen molar-refractivity contribution in [2.24, 2.45) is 0 Å². The van der Waals surface area contributed by atoms with E-state index in [0.29, 0.717) is 5.75 Å². The first-order chi connectivity index (χ1) is 9.71. The summed E-state index contributed by atoms with van der Waals surface area (Å²) in [6.07, 6.45) is 0.994. The highest BCUT2D eigenvalue weighted by Crippen LogP contribution is 2.27. The molecule has 0 saturated carbocycles. The van der Waals surface area contributed by atoms with Gasteiger partial charge in [0, 0.05) is 17.6 Å². The highest BCUT2D eigenvalue weighted by molar-refractivity contribution is 7.99. The van der Waals surface area contributed by atoms with E-state index >= 15 is 0 Å². The molecule has 1 heterocycles. The van der Waals surface area contributed by atoms with Crippen LogP contribution in [0.5, 0.6) is 0 Å². The van der Waals surface area contributed by atoms with Crippen LogP contribution < -0.4 is 0 Å². The van der Waals surface area contributed by atoms with E-state index < -0.39 is 27.8 Å². The number of aliphatic carboxylic acids is 1. The molecule has 0 aromatic heterocycles. The van der Waals surface area contributed by atoms with Gasteiger partial charge in [0.05, 0.1) is 15.8 Å². The summed E-state index contributed by atoms with van der Waals surface area (Å²) in [7, 11) is -3.57. The zero-order valence-electron chi connectivity index (χ0n) is 10.9. The van der Waals surface area contributed by atoms with E-state index in [0.717, 1.165) is 6.26 Å². The summed E-state index contributed by atoms with van der Waals surface area (Å²) in [6.45, 7) is 0. The number of carbonyl (C=O) groups excluding carboxylic acids is 1. The van der Waals surface area contributed by atoms with Gasteiger partial charge in [-0.05, 0) is 18.2 Å². The zero-order valence-corrected chi connectivity index (χ0v) is 13.3. The van der Waals surface area contributed by atoms with Gasteiger partial charge >= 0.3 is 5.97 Å². The van der Waals surface area contributed by atoms with Gasteiger partial charge in [-0.25, -0.2) is 13.2 Å². The lowest BCUT2D eigenvalue weighted by atomic mass is 10.2. The molecule has 1 aliphatic rings. The second kappa shape index (κ2) is 5.86. The van der Waals surface area contributed by atoms with Gasteiger partial charge in [-0.3, -0.25) is 4.79 Å². The molecule has 1 N–H and O–H groups in total. The highest BCUT2D eigenvalue weighted by atomic mass is 35.5. The van der Waals surface area contributed by atoms with Gasteiger partial charge in [0.15, 0.2) is 9.84 Å². The smallest absolute Gasteiger partial charge is 0.327 e. The number of hydrogen-bond donors (Lipinski definition) is 1. The topological polar surface area (TPSA) is 91.8 Å². The van der Waals surface area contributed by atoms with Gasteiger partial charge in [-0.15, -0.1) is 11.8 Å². The molecule has 1 fully saturated rings. The minimum Gasteiger partial charge on any atom is -0.480 e. The molecule has 2 rings (SSSR count). The minimum atomic E-state index is -3.57. The Labute approximate surface area is 131 Å². The third-order valence-electron chi connectivity index (χ3n) is 3.01. The number of benzene rings is 1. The Balaban J connectivity index is 2.39. The number of carboxylic acids is 1. The van der Waals surface area contributed by atoms with E-state index in [1.165, 1.54) is 34.9 Å². The summed E-state index contributed by atoms with van der Waals surface area (Å²) in [6, 6.07) is 2.99. The van der Waals surface area contributed by atoms with Gasteiger partial charge in [0.1, 0.15) is 6.04 Å². The van der Waals surface area contributed by atoms with Crippen LogP contribution in [0.15, 0.2) is 23.1 Å². The second-order valence-corrected chi connectivity index (χ2v) is 7.94. The van der Waals surface area contributed by atoms with Crippen molar-refractivity contribution in [1.29, 1.82) is 0 Å². The molecular weight excluding hydrogens is 338 g/mol. The van der Waals surface area contributed by atoms with Crippen molar-refractivity contribution >= 4 is 45.1 Å². The maximum absolute atomic E-state index is 12.4. The standard InChI is InChI=1S/C12H12ClNO5S2/c1-21(18,19)10-4-7(2-3-8(10)13)11(15)14-6-20-5-9(14)12(16)17/h2-4,9H,5-6H2,1H3,(H,16,17)/t9-/m0/s1. The van der Waals surface area contributed by atoms with Crippen molar-refractivity contribution < 1.29 is 23.1 Å². The molecule has 1 atom stereocenters. The highest BCUT2D eigenvalue weighted by Gasteiger charge is 2.35. The van der Waals surface area contributed by atoms with Crippen molar-refractivity contribution in [2.75, 3.05) is 17.9 Å². The Kier molecular flexibility index (Phi) is 4.50. The predicted octanol–water partition coefficient (Wildman–Crippen LogP) is 1.34. The fourth-order valence-electron chi connectivity index (χ4n) is 1.93. The van der Waals surface area contributed by atoms with E-state index in [9.17, 15) is 18.0 Å². The maximum atomic E-state index is 12.4. The summed E-state index contributed by atoms with van der Waals surface area (Å²) in [5.74, 6) is -1.03. The second-order valence-electron chi connectivity index (χ2n) is 4.55. The molecule has 1 saturated heterocycles. The molecule has 21 heavy (non-hydrogen) atoms. The molecule has 0 radical (unpaired) electrons. The first-order valence-corrected chi connectivity index (χ1v) is 9.25. The van der Waals surface area contributed by atoms with Crippen LogP contribution in [0.4, 0.5) is 0 Å². The van der Waals surface area contributed by atoms with Gasteiger partial charge in [0.25, 0.3) is 5.91 Å². The van der Waals surface area contributed by atoms with Gasteiger partial charge < -0.3 is 10.0 Å². The SMILES string of the molecule is CS(=O)(=O)c1cc(C(=O)N2CSC[C@H]2C(=O)O)ccc1Cl. The van der Waals surface area contributed by atoms with Gasteiger partial charge in [-0.1, -0.05) is 11.6 Å². The van der Waals surface area contributed by atoms with Crippen LogP contribution in [0.3, 0.4) is 0 Å². The number of thioether (sulfide) groups is 1. The van der Waals surface area contributed by atoms with E-state index in [4.69, 9.17) is 16.7 Å². The third kappa shape index (κ3) is 3.33. The third-order valence-corrected chi connectivity index (χ3v) is 5.60. The number of nitrogens with zero attached hydrogens (tertiary/aromatic N) is 1. The Morgan fingerprint density at radius 3 is 2.67 bits per heavy atom. The molecule has 1 aliphatic heterocycles. The normalized spacial score (nSPS) is 18.8. The molecule has 114 valence electrons. The molecule has 6 nitrogen and oxygen atoms in total. The fourth-order valence-corrected chi connectivity index (χ4v) is 4.38. The van der Waals surface area contributed by atoms with Crippen molar-refractivity contribution in [3.05, 3.63) is 28.8 Å². The van der Waals surface area contributed by atoms with E-state index in [1.807, 2.05) is 0 Å². The van der Waals surface area contributed by atoms with Crippen molar-refractivity contribution in [3.63, 3.8) is 0 Å². The van der Waals surface area contributed by atoms with Crippen LogP contribution in [-0.2, 0) is 14.6 Å². The number of hydrogen-bond acceptors (Lipinski definition) is 5. The van der Waals surface area contributed by atoms with Crippen LogP contribution >= 0.6 is 23.4 Å². The largest absolute Gasteiger partial charge is 0.480 e. The number of carbonyl (C=O) groups is 2. The fraction of sp³-hybridized carbons (Fsp3) is 0.333. The molecular formula is C12H12ClNO5S2. The van der Waals surface area contributed by atoms with Crippen LogP contribution in [0.2, 0.25) is 5.02 Å². The number of rotatable bonds is 3. The van der Waals surface area contributed by atoms with Crippen LogP contribution in [0, 0.1) is 0 Å². The molecule has 0 unspecified atom stereocenters. The average Bonchev–Trinajstić information content (AvgIpc) is 2.86. The number of sulfone groups is 1. The molecule has 0 spiro atoms. The Hall–Kier alpha value is -1.25. The summed E-state index contributed by atoms with van der Waals surface area (Å²) in [5.41, 5.74) is 0.105. The number of amides is 1. The van der Waals surface area contributed by atoms with E-state index in [1.54, 1.807) is 0 Å². The predicted molar refractivity (Wildman–Crippen MR) is 79.5 cm³/mol. The van der Waals surface area contributed by atoms with Crippen LogP contribution in [0.1, 0.15) is 10.4 Å². The lowest BCUT2D eigenvalue weighted by molar-refractivity contribution is -0.140. The summed E-state index contributed by atoms with van der Waals surface area (Å²) in [5, 5.41) is 9.11.